The molecule has 1 aliphatic heterocycles. The van der Waals surface area contributed by atoms with E-state index in [2.05, 4.69) is 9.55 Å². The maximum atomic E-state index is 12.6. The monoisotopic (exact) mass is 419 g/mol. The van der Waals surface area contributed by atoms with Crippen LogP contribution in [-0.2, 0) is 32.9 Å². The number of hydrogen-bond acceptors (Lipinski definition) is 7. The summed E-state index contributed by atoms with van der Waals surface area (Å²) >= 11 is 0. The molecular formula is C19H21N3O6S. The number of methoxy groups -OCH3 is 1. The molecule has 0 amide bonds. The van der Waals surface area contributed by atoms with Crippen molar-refractivity contribution >= 4 is 21.9 Å². The van der Waals surface area contributed by atoms with Crippen molar-refractivity contribution in [2.75, 3.05) is 7.11 Å². The van der Waals surface area contributed by atoms with Crippen molar-refractivity contribution in [2.24, 2.45) is 4.40 Å². The number of aryl methyl sites for hydroxylation is 2. The van der Waals surface area contributed by atoms with Gasteiger partial charge in [-0.1, -0.05) is 17.3 Å². The first-order valence-corrected chi connectivity index (χ1v) is 10.1. The van der Waals surface area contributed by atoms with E-state index in [0.29, 0.717) is 28.3 Å². The van der Waals surface area contributed by atoms with E-state index < -0.39 is 16.2 Å². The van der Waals surface area contributed by atoms with Gasteiger partial charge in [0.25, 0.3) is 0 Å². The number of rotatable bonds is 6. The van der Waals surface area contributed by atoms with Crippen molar-refractivity contribution < 1.29 is 27.2 Å². The van der Waals surface area contributed by atoms with Crippen molar-refractivity contribution in [3.63, 3.8) is 0 Å². The lowest BCUT2D eigenvalue weighted by Crippen LogP contribution is -2.31. The largest absolute Gasteiger partial charge is 0.497 e. The molecule has 2 heterocycles. The fraction of sp³-hybridized carbons (Fsp3) is 0.316. The Morgan fingerprint density at radius 1 is 1.17 bits per heavy atom. The molecule has 3 rings (SSSR count). The van der Waals surface area contributed by atoms with Crippen molar-refractivity contribution in [3.05, 3.63) is 58.6 Å². The van der Waals surface area contributed by atoms with Gasteiger partial charge in [-0.05, 0) is 38.5 Å². The predicted octanol–water partition coefficient (Wildman–Crippen LogP) is 2.45. The zero-order valence-electron chi connectivity index (χ0n) is 16.5. The van der Waals surface area contributed by atoms with E-state index in [4.69, 9.17) is 14.0 Å². The average molecular weight is 419 g/mol. The highest BCUT2D eigenvalue weighted by atomic mass is 32.2. The lowest BCUT2D eigenvalue weighted by molar-refractivity contribution is -0.139. The highest BCUT2D eigenvalue weighted by Gasteiger charge is 2.29. The summed E-state index contributed by atoms with van der Waals surface area (Å²) in [4.78, 5) is 12.6. The minimum absolute atomic E-state index is 0.0176. The molecule has 29 heavy (non-hydrogen) atoms. The summed E-state index contributed by atoms with van der Waals surface area (Å²) in [5, 5.41) is 3.81. The topological polar surface area (TPSA) is 111 Å². The third-order valence-electron chi connectivity index (χ3n) is 4.46. The summed E-state index contributed by atoms with van der Waals surface area (Å²) in [6.45, 7) is 4.90. The summed E-state index contributed by atoms with van der Waals surface area (Å²) < 4.78 is 45.0. The summed E-state index contributed by atoms with van der Waals surface area (Å²) in [6.07, 6.45) is 1.25. The van der Waals surface area contributed by atoms with Crippen LogP contribution in [0.25, 0.3) is 0 Å². The maximum Gasteiger partial charge on any atom is 0.344 e. The molecule has 0 aliphatic carbocycles. The Hall–Kier alpha value is -3.14. The van der Waals surface area contributed by atoms with Crippen LogP contribution in [0.15, 0.2) is 45.0 Å². The molecule has 1 aromatic heterocycles. The second kappa shape index (κ2) is 8.08. The zero-order valence-corrected chi connectivity index (χ0v) is 17.3. The average Bonchev–Trinajstić information content (AvgIpc) is 3.00. The van der Waals surface area contributed by atoms with Crippen LogP contribution in [0.2, 0.25) is 0 Å². The molecular weight excluding hydrogens is 398 g/mol. The van der Waals surface area contributed by atoms with Crippen molar-refractivity contribution in [2.45, 2.75) is 33.9 Å². The predicted molar refractivity (Wildman–Crippen MR) is 104 cm³/mol. The lowest BCUT2D eigenvalue weighted by Gasteiger charge is -2.23. The molecule has 0 spiro atoms. The van der Waals surface area contributed by atoms with Crippen LogP contribution in [0, 0.1) is 13.8 Å². The van der Waals surface area contributed by atoms with E-state index in [0.717, 1.165) is 4.31 Å². The standard InChI is InChI=1S/C19H21N3O6S/c1-12-18(14(3)28-20-12)11-27-19(23)17-10-22(29(24,25)21-13(17)2)9-15-5-7-16(26-4)8-6-15/h5-8,10H,9,11H2,1-4H3. The second-order valence-electron chi connectivity index (χ2n) is 6.47. The third-order valence-corrected chi connectivity index (χ3v) is 5.79. The molecule has 9 nitrogen and oxygen atoms in total. The third kappa shape index (κ3) is 4.48. The first kappa shape index (κ1) is 20.6. The SMILES string of the molecule is COc1ccc(CN2C=C(C(=O)OCc3c(C)noc3C)C(C)=NS2(=O)=O)cc1. The minimum atomic E-state index is -3.94. The number of benzene rings is 1. The van der Waals surface area contributed by atoms with Crippen molar-refractivity contribution in [1.82, 2.24) is 9.46 Å². The number of ether oxygens (including phenoxy) is 2. The van der Waals surface area contributed by atoms with Crippen molar-refractivity contribution in [3.8, 4) is 5.75 Å². The van der Waals surface area contributed by atoms with Crippen LogP contribution >= 0.6 is 0 Å². The summed E-state index contributed by atoms with van der Waals surface area (Å²) in [7, 11) is -2.40. The van der Waals surface area contributed by atoms with E-state index in [-0.39, 0.29) is 24.4 Å². The van der Waals surface area contributed by atoms with E-state index in [9.17, 15) is 13.2 Å². The first-order valence-electron chi connectivity index (χ1n) is 8.73. The Morgan fingerprint density at radius 3 is 2.45 bits per heavy atom. The number of hydrogen-bond donors (Lipinski definition) is 0. The molecule has 2 aromatic rings. The fourth-order valence-corrected chi connectivity index (χ4v) is 3.84. The van der Waals surface area contributed by atoms with E-state index >= 15 is 0 Å². The van der Waals surface area contributed by atoms with Crippen molar-refractivity contribution in [1.29, 1.82) is 0 Å². The van der Waals surface area contributed by atoms with Gasteiger partial charge in [0.15, 0.2) is 0 Å². The molecule has 1 aliphatic rings. The summed E-state index contributed by atoms with van der Waals surface area (Å²) in [6, 6.07) is 6.93. The Balaban J connectivity index is 1.79. The molecule has 0 radical (unpaired) electrons. The van der Waals surface area contributed by atoms with E-state index in [1.165, 1.54) is 13.1 Å². The van der Waals surface area contributed by atoms with Gasteiger partial charge >= 0.3 is 16.2 Å². The Kier molecular flexibility index (Phi) is 5.73. The second-order valence-corrected chi connectivity index (χ2v) is 8.02. The molecule has 0 bridgehead atoms. The van der Waals surface area contributed by atoms with Gasteiger partial charge in [-0.25, -0.2) is 4.79 Å². The fourth-order valence-electron chi connectivity index (χ4n) is 2.74. The molecule has 1 aromatic carbocycles. The molecule has 0 saturated heterocycles. The summed E-state index contributed by atoms with van der Waals surface area (Å²) in [5.74, 6) is 0.533. The Bertz CT molecular complexity index is 1060. The van der Waals surface area contributed by atoms with Crippen LogP contribution in [0.5, 0.6) is 5.75 Å². The van der Waals surface area contributed by atoms with Gasteiger partial charge < -0.3 is 14.0 Å². The maximum absolute atomic E-state index is 12.6. The number of carbonyl (C=O) groups is 1. The number of nitrogens with zero attached hydrogens (tertiary/aromatic N) is 3. The van der Waals surface area contributed by atoms with Gasteiger partial charge in [-0.2, -0.15) is 8.42 Å². The molecule has 0 saturated carbocycles. The van der Waals surface area contributed by atoms with Gasteiger partial charge in [0, 0.05) is 6.20 Å². The molecule has 0 fully saturated rings. The van der Waals surface area contributed by atoms with Crippen LogP contribution in [0.3, 0.4) is 0 Å². The molecule has 0 atom stereocenters. The normalized spacial score (nSPS) is 15.5. The lowest BCUT2D eigenvalue weighted by atomic mass is 10.2. The van der Waals surface area contributed by atoms with Gasteiger partial charge in [0.05, 0.1) is 36.2 Å². The summed E-state index contributed by atoms with van der Waals surface area (Å²) in [5.41, 5.74) is 2.15. The Labute approximate surface area is 168 Å². The molecule has 154 valence electrons. The van der Waals surface area contributed by atoms with E-state index in [1.54, 1.807) is 45.2 Å². The smallest absolute Gasteiger partial charge is 0.344 e. The quantitative estimate of drug-likeness (QED) is 0.661. The van der Waals surface area contributed by atoms with Crippen LogP contribution in [-0.4, -0.2) is 36.7 Å². The highest BCUT2D eigenvalue weighted by Crippen LogP contribution is 2.22. The zero-order chi connectivity index (χ0) is 21.2. The molecule has 0 N–H and O–H groups in total. The van der Waals surface area contributed by atoms with Gasteiger partial charge in [0.1, 0.15) is 18.1 Å². The van der Waals surface area contributed by atoms with Crippen LogP contribution < -0.4 is 4.74 Å². The Morgan fingerprint density at radius 2 is 1.86 bits per heavy atom. The number of carbonyl (C=O) groups excluding carboxylic acids is 1. The first-order chi connectivity index (χ1) is 13.7. The number of esters is 1. The van der Waals surface area contributed by atoms with Gasteiger partial charge in [-0.15, -0.1) is 4.40 Å². The van der Waals surface area contributed by atoms with Crippen LogP contribution in [0.4, 0.5) is 0 Å². The molecule has 10 heteroatoms. The molecule has 0 unspecified atom stereocenters. The van der Waals surface area contributed by atoms with E-state index in [1.807, 2.05) is 0 Å². The highest BCUT2D eigenvalue weighted by molar-refractivity contribution is 7.88. The van der Waals surface area contributed by atoms with Gasteiger partial charge in [-0.3, -0.25) is 4.31 Å². The van der Waals surface area contributed by atoms with Gasteiger partial charge in [0.2, 0.25) is 0 Å². The number of aromatic nitrogens is 1. The van der Waals surface area contributed by atoms with Crippen LogP contribution in [0.1, 0.15) is 29.5 Å². The minimum Gasteiger partial charge on any atom is -0.497 e.